The number of thiazole rings is 1. The van der Waals surface area contributed by atoms with Gasteiger partial charge in [0.05, 0.1) is 0 Å². The monoisotopic (exact) mass is 423 g/mol. The third-order valence-corrected chi connectivity index (χ3v) is 6.90. The van der Waals surface area contributed by atoms with Gasteiger partial charge in [-0.1, -0.05) is 23.9 Å². The number of nitrogens with zero attached hydrogens (tertiary/aromatic N) is 2. The number of anilines is 2. The minimum absolute atomic E-state index is 0.148. The zero-order chi connectivity index (χ0) is 20.2. The summed E-state index contributed by atoms with van der Waals surface area (Å²) in [6, 6.07) is 15.1. The molecule has 0 radical (unpaired) electrons. The summed E-state index contributed by atoms with van der Waals surface area (Å²) in [4.78, 5) is 30.6. The van der Waals surface area contributed by atoms with Crippen molar-refractivity contribution in [3.8, 4) is 0 Å². The number of aromatic nitrogens is 1. The molecule has 0 unspecified atom stereocenters. The first-order valence-corrected chi connectivity index (χ1v) is 11.3. The Morgan fingerprint density at radius 1 is 1.17 bits per heavy atom. The van der Waals surface area contributed by atoms with Gasteiger partial charge in [-0.15, -0.1) is 11.3 Å². The lowest BCUT2D eigenvalue weighted by Gasteiger charge is -2.16. The molecule has 2 aromatic carbocycles. The molecular formula is C22H21N3O2S2. The highest BCUT2D eigenvalue weighted by Crippen LogP contribution is 2.26. The standard InChI is InChI=1S/C22H21N3O2S2/c1-15-13-28-22(23-15)29-14-16-4-6-17(7-5-16)21(27)24-18-8-10-19(11-9-18)25-12-2-3-20(25)26/h4-11,13H,2-3,12,14H2,1H3,(H,24,27). The minimum atomic E-state index is -0.148. The Hall–Kier alpha value is -2.64. The molecule has 5 nitrogen and oxygen atoms in total. The van der Waals surface area contributed by atoms with Gasteiger partial charge >= 0.3 is 0 Å². The van der Waals surface area contributed by atoms with Crippen molar-refractivity contribution in [2.24, 2.45) is 0 Å². The lowest BCUT2D eigenvalue weighted by Crippen LogP contribution is -2.23. The summed E-state index contributed by atoms with van der Waals surface area (Å²) in [6.07, 6.45) is 1.51. The molecule has 1 saturated heterocycles. The number of benzene rings is 2. The summed E-state index contributed by atoms with van der Waals surface area (Å²) < 4.78 is 1.06. The van der Waals surface area contributed by atoms with Crippen molar-refractivity contribution < 1.29 is 9.59 Å². The number of nitrogens with one attached hydrogen (secondary N) is 1. The molecule has 1 aliphatic heterocycles. The van der Waals surface area contributed by atoms with Gasteiger partial charge in [-0.2, -0.15) is 0 Å². The van der Waals surface area contributed by atoms with Crippen LogP contribution in [-0.2, 0) is 10.5 Å². The van der Waals surface area contributed by atoms with Crippen molar-refractivity contribution in [2.75, 3.05) is 16.8 Å². The first-order valence-electron chi connectivity index (χ1n) is 9.44. The van der Waals surface area contributed by atoms with E-state index in [1.165, 1.54) is 0 Å². The average Bonchev–Trinajstić information content (AvgIpc) is 3.35. The van der Waals surface area contributed by atoms with Crippen molar-refractivity contribution in [1.29, 1.82) is 0 Å². The number of amides is 2. The van der Waals surface area contributed by atoms with E-state index in [2.05, 4.69) is 10.3 Å². The van der Waals surface area contributed by atoms with E-state index >= 15 is 0 Å². The number of hydrogen-bond donors (Lipinski definition) is 1. The summed E-state index contributed by atoms with van der Waals surface area (Å²) >= 11 is 3.36. The van der Waals surface area contributed by atoms with Crippen molar-refractivity contribution in [2.45, 2.75) is 29.9 Å². The summed E-state index contributed by atoms with van der Waals surface area (Å²) in [5, 5.41) is 4.96. The van der Waals surface area contributed by atoms with Gasteiger partial charge < -0.3 is 10.2 Å². The van der Waals surface area contributed by atoms with Gasteiger partial charge in [0.25, 0.3) is 5.91 Å². The van der Waals surface area contributed by atoms with Crippen LogP contribution in [0, 0.1) is 6.92 Å². The van der Waals surface area contributed by atoms with Gasteiger partial charge in [0.2, 0.25) is 5.91 Å². The van der Waals surface area contributed by atoms with Crippen LogP contribution in [-0.4, -0.2) is 23.3 Å². The predicted molar refractivity (Wildman–Crippen MR) is 119 cm³/mol. The Balaban J connectivity index is 1.33. The van der Waals surface area contributed by atoms with Crippen molar-refractivity contribution in [1.82, 2.24) is 4.98 Å². The Morgan fingerprint density at radius 3 is 2.55 bits per heavy atom. The minimum Gasteiger partial charge on any atom is -0.322 e. The van der Waals surface area contributed by atoms with E-state index in [0.29, 0.717) is 17.7 Å². The molecule has 148 valence electrons. The van der Waals surface area contributed by atoms with Crippen molar-refractivity contribution in [3.63, 3.8) is 0 Å². The van der Waals surface area contributed by atoms with E-state index in [1.54, 1.807) is 28.0 Å². The van der Waals surface area contributed by atoms with E-state index < -0.39 is 0 Å². The maximum atomic E-state index is 12.5. The van der Waals surface area contributed by atoms with Crippen LogP contribution in [0.1, 0.15) is 34.5 Å². The lowest BCUT2D eigenvalue weighted by atomic mass is 10.1. The van der Waals surface area contributed by atoms with Crippen LogP contribution in [0.4, 0.5) is 11.4 Å². The Labute approximate surface area is 178 Å². The second-order valence-corrected chi connectivity index (χ2v) is 8.97. The Morgan fingerprint density at radius 2 is 1.93 bits per heavy atom. The maximum Gasteiger partial charge on any atom is 0.255 e. The van der Waals surface area contributed by atoms with E-state index in [-0.39, 0.29) is 11.8 Å². The van der Waals surface area contributed by atoms with Crippen LogP contribution in [0.3, 0.4) is 0 Å². The van der Waals surface area contributed by atoms with Crippen molar-refractivity contribution >= 4 is 46.3 Å². The molecule has 0 atom stereocenters. The summed E-state index contributed by atoms with van der Waals surface area (Å²) in [5.41, 5.74) is 4.40. The van der Waals surface area contributed by atoms with Crippen LogP contribution < -0.4 is 10.2 Å². The second-order valence-electron chi connectivity index (χ2n) is 6.89. The highest BCUT2D eigenvalue weighted by atomic mass is 32.2. The van der Waals surface area contributed by atoms with E-state index in [1.807, 2.05) is 60.8 Å². The smallest absolute Gasteiger partial charge is 0.255 e. The van der Waals surface area contributed by atoms with E-state index in [4.69, 9.17) is 0 Å². The molecule has 0 bridgehead atoms. The number of rotatable bonds is 6. The largest absolute Gasteiger partial charge is 0.322 e. The van der Waals surface area contributed by atoms with Crippen LogP contribution in [0.2, 0.25) is 0 Å². The normalized spacial score (nSPS) is 13.7. The quantitative estimate of drug-likeness (QED) is 0.559. The third kappa shape index (κ3) is 4.86. The van der Waals surface area contributed by atoms with Crippen LogP contribution in [0.5, 0.6) is 0 Å². The van der Waals surface area contributed by atoms with Crippen LogP contribution in [0.15, 0.2) is 58.3 Å². The van der Waals surface area contributed by atoms with Crippen LogP contribution in [0.25, 0.3) is 0 Å². The molecule has 1 N–H and O–H groups in total. The second kappa shape index (κ2) is 8.80. The van der Waals surface area contributed by atoms with Gasteiger partial charge in [0, 0.05) is 46.7 Å². The molecular weight excluding hydrogens is 402 g/mol. The molecule has 29 heavy (non-hydrogen) atoms. The molecule has 2 amide bonds. The average molecular weight is 424 g/mol. The highest BCUT2D eigenvalue weighted by Gasteiger charge is 2.21. The SMILES string of the molecule is Cc1csc(SCc2ccc(C(=O)Nc3ccc(N4CCCC4=O)cc3)cc2)n1. The van der Waals surface area contributed by atoms with Gasteiger partial charge in [-0.3, -0.25) is 9.59 Å². The fourth-order valence-corrected chi connectivity index (χ4v) is 4.95. The zero-order valence-electron chi connectivity index (χ0n) is 16.1. The topological polar surface area (TPSA) is 62.3 Å². The number of carbonyl (C=O) groups excluding carboxylic acids is 2. The van der Waals surface area contributed by atoms with Gasteiger partial charge in [0.15, 0.2) is 0 Å². The van der Waals surface area contributed by atoms with Gasteiger partial charge in [-0.05, 0) is 55.3 Å². The summed E-state index contributed by atoms with van der Waals surface area (Å²) in [5.74, 6) is 0.834. The van der Waals surface area contributed by atoms with Crippen LogP contribution >= 0.6 is 23.1 Å². The molecule has 0 aliphatic carbocycles. The number of carbonyl (C=O) groups is 2. The summed E-state index contributed by atoms with van der Waals surface area (Å²) in [6.45, 7) is 2.75. The molecule has 3 aromatic rings. The molecule has 1 fully saturated rings. The van der Waals surface area contributed by atoms with Crippen molar-refractivity contribution in [3.05, 3.63) is 70.7 Å². The molecule has 7 heteroatoms. The number of hydrogen-bond acceptors (Lipinski definition) is 5. The first-order chi connectivity index (χ1) is 14.1. The Bertz CT molecular complexity index is 1010. The fraction of sp³-hybridized carbons (Fsp3) is 0.227. The molecule has 1 aromatic heterocycles. The molecule has 0 spiro atoms. The third-order valence-electron chi connectivity index (χ3n) is 4.69. The lowest BCUT2D eigenvalue weighted by molar-refractivity contribution is -0.117. The summed E-state index contributed by atoms with van der Waals surface area (Å²) in [7, 11) is 0. The molecule has 0 saturated carbocycles. The molecule has 2 heterocycles. The van der Waals surface area contributed by atoms with E-state index in [9.17, 15) is 9.59 Å². The molecule has 1 aliphatic rings. The maximum absolute atomic E-state index is 12.5. The predicted octanol–water partition coefficient (Wildman–Crippen LogP) is 5.12. The highest BCUT2D eigenvalue weighted by molar-refractivity contribution is 8.00. The zero-order valence-corrected chi connectivity index (χ0v) is 17.7. The van der Waals surface area contributed by atoms with Gasteiger partial charge in [0.1, 0.15) is 4.34 Å². The van der Waals surface area contributed by atoms with E-state index in [0.717, 1.165) is 40.0 Å². The molecule has 4 rings (SSSR count). The fourth-order valence-electron chi connectivity index (χ4n) is 3.15. The number of aryl methyl sites for hydroxylation is 1. The Kier molecular flexibility index (Phi) is 5.97. The number of thioether (sulfide) groups is 1. The van der Waals surface area contributed by atoms with Gasteiger partial charge in [-0.25, -0.2) is 4.98 Å². The first kappa shape index (κ1) is 19.7.